The van der Waals surface area contributed by atoms with Crippen LogP contribution in [0.2, 0.25) is 0 Å². The number of hydrogen-bond donors (Lipinski definition) is 1. The molecule has 1 N–H and O–H groups in total. The largest absolute Gasteiger partial charge is 0.424 e. The van der Waals surface area contributed by atoms with Gasteiger partial charge in [-0.15, -0.1) is 0 Å². The number of carbonyl (C=O) groups excluding carboxylic acids is 1. The summed E-state index contributed by atoms with van der Waals surface area (Å²) in [6.07, 6.45) is 15.1. The van der Waals surface area contributed by atoms with E-state index in [2.05, 4.69) is 38.4 Å². The third kappa shape index (κ3) is 5.61. The third-order valence-electron chi connectivity index (χ3n) is 7.57. The fourth-order valence-electron chi connectivity index (χ4n) is 5.39. The molecule has 2 aliphatic carbocycles. The molecule has 1 saturated heterocycles. The predicted molar refractivity (Wildman–Crippen MR) is 128 cm³/mol. The number of hydrogen-bond acceptors (Lipinski definition) is 5. The van der Waals surface area contributed by atoms with Crippen LogP contribution in [0.15, 0.2) is 54.4 Å². The molecule has 3 aliphatic rings. The minimum atomic E-state index is 0.233. The Balaban J connectivity index is 1.04. The molecule has 2 heterocycles. The summed E-state index contributed by atoms with van der Waals surface area (Å²) in [6.45, 7) is 3.86. The molecular weight excluding hydrogens is 412 g/mol. The van der Waals surface area contributed by atoms with Crippen LogP contribution in [-0.4, -0.2) is 40.4 Å². The third-order valence-corrected chi connectivity index (χ3v) is 7.57. The molecule has 174 valence electrons. The highest BCUT2D eigenvalue weighted by Crippen LogP contribution is 2.59. The van der Waals surface area contributed by atoms with Crippen LogP contribution >= 0.6 is 0 Å². The van der Waals surface area contributed by atoms with Crippen LogP contribution < -0.4 is 10.1 Å². The second-order valence-corrected chi connectivity index (χ2v) is 9.82. The Morgan fingerprint density at radius 3 is 2.64 bits per heavy atom. The topological polar surface area (TPSA) is 67.4 Å². The molecule has 1 amide bonds. The number of amides is 1. The predicted octanol–water partition coefficient (Wildman–Crippen LogP) is 4.88. The zero-order valence-electron chi connectivity index (χ0n) is 19.3. The monoisotopic (exact) mass is 446 g/mol. The van der Waals surface area contributed by atoms with Gasteiger partial charge in [0, 0.05) is 31.4 Å². The van der Waals surface area contributed by atoms with Gasteiger partial charge in [-0.3, -0.25) is 9.69 Å². The molecule has 5 rings (SSSR count). The summed E-state index contributed by atoms with van der Waals surface area (Å²) >= 11 is 0. The molecule has 6 nitrogen and oxygen atoms in total. The molecule has 1 spiro atoms. The highest BCUT2D eigenvalue weighted by Gasteiger charge is 2.58. The number of aromatic nitrogens is 2. The molecule has 1 aromatic carbocycles. The maximum atomic E-state index is 12.7. The minimum absolute atomic E-state index is 0.233. The van der Waals surface area contributed by atoms with Gasteiger partial charge >= 0.3 is 6.01 Å². The molecule has 1 saturated carbocycles. The van der Waals surface area contributed by atoms with Crippen molar-refractivity contribution in [2.45, 2.75) is 57.9 Å². The lowest BCUT2D eigenvalue weighted by atomic mass is 9.90. The number of piperidine rings is 1. The van der Waals surface area contributed by atoms with Crippen LogP contribution in [0, 0.1) is 11.3 Å². The van der Waals surface area contributed by atoms with Crippen molar-refractivity contribution in [2.75, 3.05) is 19.6 Å². The average molecular weight is 447 g/mol. The average Bonchev–Trinajstić information content (AvgIpc) is 3.57. The van der Waals surface area contributed by atoms with Crippen LogP contribution in [0.5, 0.6) is 11.8 Å². The number of allylic oxidation sites excluding steroid dienone is 1. The molecule has 0 radical (unpaired) electrons. The van der Waals surface area contributed by atoms with Crippen molar-refractivity contribution in [3.8, 4) is 11.8 Å². The first-order chi connectivity index (χ1) is 16.2. The van der Waals surface area contributed by atoms with E-state index in [0.717, 1.165) is 57.6 Å². The number of nitrogens with one attached hydrogen (secondary N) is 1. The van der Waals surface area contributed by atoms with Crippen molar-refractivity contribution in [3.63, 3.8) is 0 Å². The summed E-state index contributed by atoms with van der Waals surface area (Å²) in [6, 6.07) is 10.3. The second kappa shape index (κ2) is 10.0. The van der Waals surface area contributed by atoms with E-state index < -0.39 is 0 Å². The number of likely N-dealkylation sites (tertiary alicyclic amines) is 1. The zero-order valence-corrected chi connectivity index (χ0v) is 19.3. The Morgan fingerprint density at radius 1 is 1.12 bits per heavy atom. The Morgan fingerprint density at radius 2 is 1.91 bits per heavy atom. The van der Waals surface area contributed by atoms with Crippen LogP contribution in [0.4, 0.5) is 0 Å². The van der Waals surface area contributed by atoms with Gasteiger partial charge in [0.05, 0.1) is 0 Å². The summed E-state index contributed by atoms with van der Waals surface area (Å²) in [5, 5.41) is 3.22. The van der Waals surface area contributed by atoms with Gasteiger partial charge in [-0.25, -0.2) is 9.97 Å². The molecule has 0 unspecified atom stereocenters. The Labute approximate surface area is 196 Å². The number of rotatable bonds is 8. The summed E-state index contributed by atoms with van der Waals surface area (Å²) in [5.41, 5.74) is 3.07. The lowest BCUT2D eigenvalue weighted by molar-refractivity contribution is -0.123. The van der Waals surface area contributed by atoms with Crippen LogP contribution in [0.1, 0.15) is 56.9 Å². The SMILES string of the molecule is O=C(NCCC1=CCCCC1)[C@@H]1CC12CCN(Cc1ccc(Oc3ncccn3)cc1)CC2. The molecular formula is C27H34N4O2. The van der Waals surface area contributed by atoms with Crippen LogP contribution in [0.3, 0.4) is 0 Å². The molecule has 33 heavy (non-hydrogen) atoms. The van der Waals surface area contributed by atoms with E-state index in [4.69, 9.17) is 4.74 Å². The summed E-state index contributed by atoms with van der Waals surface area (Å²) in [7, 11) is 0. The second-order valence-electron chi connectivity index (χ2n) is 9.82. The number of ether oxygens (including phenoxy) is 1. The first-order valence-electron chi connectivity index (χ1n) is 12.4. The smallest absolute Gasteiger partial charge is 0.321 e. The quantitative estimate of drug-likeness (QED) is 0.586. The highest BCUT2D eigenvalue weighted by molar-refractivity contribution is 5.82. The fraction of sp³-hybridized carbons (Fsp3) is 0.519. The van der Waals surface area contributed by atoms with Gasteiger partial charge in [-0.1, -0.05) is 23.8 Å². The molecule has 6 heteroatoms. The van der Waals surface area contributed by atoms with E-state index in [-0.39, 0.29) is 17.2 Å². The van der Waals surface area contributed by atoms with Gasteiger partial charge < -0.3 is 10.1 Å². The van der Waals surface area contributed by atoms with E-state index in [1.165, 1.54) is 36.8 Å². The fourth-order valence-corrected chi connectivity index (χ4v) is 5.39. The van der Waals surface area contributed by atoms with Gasteiger partial charge in [0.25, 0.3) is 0 Å². The maximum Gasteiger partial charge on any atom is 0.321 e. The molecule has 2 aromatic rings. The van der Waals surface area contributed by atoms with Crippen LogP contribution in [0.25, 0.3) is 0 Å². The van der Waals surface area contributed by atoms with Crippen molar-refractivity contribution in [1.29, 1.82) is 0 Å². The van der Waals surface area contributed by atoms with Gasteiger partial charge in [0.15, 0.2) is 0 Å². The molecule has 1 atom stereocenters. The minimum Gasteiger partial charge on any atom is -0.424 e. The van der Waals surface area contributed by atoms with Gasteiger partial charge in [-0.2, -0.15) is 0 Å². The standard InChI is InChI=1S/C27H34N4O2/c32-25(28-16-11-21-5-2-1-3-6-21)24-19-27(24)12-17-31(18-13-27)20-22-7-9-23(10-8-22)33-26-29-14-4-15-30-26/h4-5,7-10,14-15,24H,1-3,6,11-13,16-20H2,(H,28,32)/t24-/m0/s1. The number of carbonyl (C=O) groups is 1. The van der Waals surface area contributed by atoms with Crippen molar-refractivity contribution in [1.82, 2.24) is 20.2 Å². The Bertz CT molecular complexity index is 965. The molecule has 1 aromatic heterocycles. The van der Waals surface area contributed by atoms with E-state index in [1.54, 1.807) is 18.5 Å². The first-order valence-corrected chi connectivity index (χ1v) is 12.4. The van der Waals surface area contributed by atoms with E-state index in [9.17, 15) is 4.79 Å². The summed E-state index contributed by atoms with van der Waals surface area (Å²) in [5.74, 6) is 1.27. The molecule has 0 bridgehead atoms. The van der Waals surface area contributed by atoms with E-state index >= 15 is 0 Å². The maximum absolute atomic E-state index is 12.7. The highest BCUT2D eigenvalue weighted by atomic mass is 16.5. The van der Waals surface area contributed by atoms with Gasteiger partial charge in [-0.05, 0) is 93.6 Å². The zero-order chi connectivity index (χ0) is 22.5. The van der Waals surface area contributed by atoms with Crippen molar-refractivity contribution < 1.29 is 9.53 Å². The number of benzene rings is 1. The lowest BCUT2D eigenvalue weighted by Crippen LogP contribution is -2.37. The van der Waals surface area contributed by atoms with Gasteiger partial charge in [0.1, 0.15) is 5.75 Å². The van der Waals surface area contributed by atoms with Gasteiger partial charge in [0.2, 0.25) is 5.91 Å². The normalized spacial score (nSPS) is 21.9. The summed E-state index contributed by atoms with van der Waals surface area (Å²) < 4.78 is 5.68. The van der Waals surface area contributed by atoms with Crippen molar-refractivity contribution in [3.05, 3.63) is 59.9 Å². The van der Waals surface area contributed by atoms with E-state index in [1.807, 2.05) is 12.1 Å². The summed E-state index contributed by atoms with van der Waals surface area (Å²) in [4.78, 5) is 23.4. The van der Waals surface area contributed by atoms with Crippen molar-refractivity contribution >= 4 is 5.91 Å². The first kappa shape index (κ1) is 22.1. The Kier molecular flexibility index (Phi) is 6.72. The Hall–Kier alpha value is -2.73. The molecule has 1 aliphatic heterocycles. The molecule has 2 fully saturated rings. The van der Waals surface area contributed by atoms with E-state index in [0.29, 0.717) is 6.01 Å². The lowest BCUT2D eigenvalue weighted by Gasteiger charge is -2.32. The number of nitrogens with zero attached hydrogens (tertiary/aromatic N) is 3. The van der Waals surface area contributed by atoms with Crippen LogP contribution in [-0.2, 0) is 11.3 Å². The van der Waals surface area contributed by atoms with Crippen molar-refractivity contribution in [2.24, 2.45) is 11.3 Å².